The second kappa shape index (κ2) is 5.65. The molecule has 2 aromatic heterocycles. The molecule has 1 atom stereocenters. The highest BCUT2D eigenvalue weighted by Gasteiger charge is 2.27. The van der Waals surface area contributed by atoms with Crippen molar-refractivity contribution in [3.05, 3.63) is 51.5 Å². The van der Waals surface area contributed by atoms with E-state index in [1.165, 1.54) is 5.56 Å². The van der Waals surface area contributed by atoms with Crippen LogP contribution >= 0.6 is 11.3 Å². The number of nitrogens with zero attached hydrogens (tertiary/aromatic N) is 3. The lowest BCUT2D eigenvalue weighted by atomic mass is 9.81. The fourth-order valence-electron chi connectivity index (χ4n) is 2.76. The van der Waals surface area contributed by atoms with Gasteiger partial charge in [0.05, 0.1) is 11.4 Å². The van der Waals surface area contributed by atoms with Crippen molar-refractivity contribution in [2.75, 3.05) is 0 Å². The van der Waals surface area contributed by atoms with Crippen LogP contribution in [0.1, 0.15) is 34.7 Å². The van der Waals surface area contributed by atoms with Gasteiger partial charge in [-0.05, 0) is 59.7 Å². The number of hydrogen-bond acceptors (Lipinski definition) is 4. The molecule has 1 aliphatic carbocycles. The first-order chi connectivity index (χ1) is 10.1. The lowest BCUT2D eigenvalue weighted by Crippen LogP contribution is -2.24. The molecule has 0 aromatic carbocycles. The van der Waals surface area contributed by atoms with Gasteiger partial charge in [0.15, 0.2) is 0 Å². The Morgan fingerprint density at radius 2 is 2.19 bits per heavy atom. The van der Waals surface area contributed by atoms with Gasteiger partial charge in [-0.2, -0.15) is 16.4 Å². The first-order valence-electron chi connectivity index (χ1n) is 6.77. The standard InChI is InChI=1S/C15H17N5S/c1-9-2-4-18-12-6-11(10-3-5-21-8-10)7-13(14(9)12)19-20-15(16)17/h2-5,8,11H,6-7H2,1H3,(H4,16,17,20)/b19-13+. The lowest BCUT2D eigenvalue weighted by molar-refractivity contribution is 0.679. The molecule has 5 nitrogen and oxygen atoms in total. The average Bonchev–Trinajstić information content (AvgIpc) is 2.98. The van der Waals surface area contributed by atoms with Gasteiger partial charge in [-0.3, -0.25) is 4.98 Å². The van der Waals surface area contributed by atoms with Gasteiger partial charge in [0, 0.05) is 11.8 Å². The Morgan fingerprint density at radius 3 is 2.90 bits per heavy atom. The summed E-state index contributed by atoms with van der Waals surface area (Å²) < 4.78 is 0. The summed E-state index contributed by atoms with van der Waals surface area (Å²) in [4.78, 5) is 4.53. The summed E-state index contributed by atoms with van der Waals surface area (Å²) in [5.41, 5.74) is 16.4. The topological polar surface area (TPSA) is 89.6 Å². The van der Waals surface area contributed by atoms with Crippen molar-refractivity contribution in [1.29, 1.82) is 0 Å². The molecule has 1 unspecified atom stereocenters. The number of guanidine groups is 1. The van der Waals surface area contributed by atoms with Crippen LogP contribution in [-0.2, 0) is 6.42 Å². The van der Waals surface area contributed by atoms with Gasteiger partial charge < -0.3 is 11.5 Å². The predicted octanol–water partition coefficient (Wildman–Crippen LogP) is 2.16. The number of rotatable bonds is 2. The molecular formula is C15H17N5S. The number of hydrogen-bond donors (Lipinski definition) is 2. The summed E-state index contributed by atoms with van der Waals surface area (Å²) in [6.45, 7) is 2.07. The van der Waals surface area contributed by atoms with E-state index in [9.17, 15) is 0 Å². The third-order valence-corrected chi connectivity index (χ3v) is 4.41. The molecule has 2 heterocycles. The zero-order chi connectivity index (χ0) is 14.8. The molecule has 21 heavy (non-hydrogen) atoms. The zero-order valence-electron chi connectivity index (χ0n) is 11.8. The largest absolute Gasteiger partial charge is 0.369 e. The predicted molar refractivity (Wildman–Crippen MR) is 86.7 cm³/mol. The van der Waals surface area contributed by atoms with E-state index in [-0.39, 0.29) is 5.96 Å². The minimum absolute atomic E-state index is 0.0248. The summed E-state index contributed by atoms with van der Waals surface area (Å²) in [5, 5.41) is 12.4. The fourth-order valence-corrected chi connectivity index (χ4v) is 3.50. The Kier molecular flexibility index (Phi) is 3.70. The van der Waals surface area contributed by atoms with Gasteiger partial charge in [-0.1, -0.05) is 0 Å². The van der Waals surface area contributed by atoms with Crippen molar-refractivity contribution < 1.29 is 0 Å². The minimum atomic E-state index is -0.0248. The van der Waals surface area contributed by atoms with Gasteiger partial charge in [0.25, 0.3) is 0 Å². The van der Waals surface area contributed by atoms with Crippen LogP contribution in [0.25, 0.3) is 0 Å². The first-order valence-corrected chi connectivity index (χ1v) is 7.72. The van der Waals surface area contributed by atoms with E-state index < -0.39 is 0 Å². The zero-order valence-corrected chi connectivity index (χ0v) is 12.6. The van der Waals surface area contributed by atoms with Crippen LogP contribution in [0.3, 0.4) is 0 Å². The highest BCUT2D eigenvalue weighted by Crippen LogP contribution is 2.34. The molecule has 108 valence electrons. The molecular weight excluding hydrogens is 282 g/mol. The van der Waals surface area contributed by atoms with E-state index in [0.29, 0.717) is 5.92 Å². The normalized spacial score (nSPS) is 19.3. The number of pyridine rings is 1. The Hall–Kier alpha value is -2.21. The Bertz CT molecular complexity index is 699. The molecule has 0 radical (unpaired) electrons. The van der Waals surface area contributed by atoms with Gasteiger partial charge in [0.1, 0.15) is 0 Å². The van der Waals surface area contributed by atoms with Gasteiger partial charge in [0.2, 0.25) is 5.96 Å². The van der Waals surface area contributed by atoms with Crippen molar-refractivity contribution in [2.24, 2.45) is 21.7 Å². The first kappa shape index (κ1) is 13.8. The summed E-state index contributed by atoms with van der Waals surface area (Å²) in [7, 11) is 0. The molecule has 2 aromatic rings. The van der Waals surface area contributed by atoms with Crippen molar-refractivity contribution in [2.45, 2.75) is 25.7 Å². The molecule has 0 saturated heterocycles. The molecule has 6 heteroatoms. The second-order valence-electron chi connectivity index (χ2n) is 5.18. The number of aryl methyl sites for hydroxylation is 1. The average molecular weight is 299 g/mol. The van der Waals surface area contributed by atoms with Gasteiger partial charge >= 0.3 is 0 Å². The molecule has 0 aliphatic heterocycles. The summed E-state index contributed by atoms with van der Waals surface area (Å²) in [6.07, 6.45) is 3.60. The van der Waals surface area contributed by atoms with Crippen LogP contribution < -0.4 is 11.5 Å². The van der Waals surface area contributed by atoms with E-state index in [4.69, 9.17) is 11.5 Å². The lowest BCUT2D eigenvalue weighted by Gasteiger charge is -2.25. The molecule has 0 amide bonds. The van der Waals surface area contributed by atoms with Crippen molar-refractivity contribution >= 4 is 23.0 Å². The summed E-state index contributed by atoms with van der Waals surface area (Å²) in [6, 6.07) is 4.16. The molecule has 4 N–H and O–H groups in total. The van der Waals surface area contributed by atoms with E-state index in [2.05, 4.69) is 38.9 Å². The third-order valence-electron chi connectivity index (χ3n) is 3.71. The van der Waals surface area contributed by atoms with Crippen LogP contribution in [0.5, 0.6) is 0 Å². The molecule has 0 saturated carbocycles. The Morgan fingerprint density at radius 1 is 1.33 bits per heavy atom. The minimum Gasteiger partial charge on any atom is -0.369 e. The maximum absolute atomic E-state index is 5.40. The van der Waals surface area contributed by atoms with Crippen LogP contribution in [0.4, 0.5) is 0 Å². The van der Waals surface area contributed by atoms with E-state index in [0.717, 1.165) is 35.4 Å². The summed E-state index contributed by atoms with van der Waals surface area (Å²) >= 11 is 1.71. The van der Waals surface area contributed by atoms with Crippen LogP contribution in [-0.4, -0.2) is 16.7 Å². The number of thiophene rings is 1. The van der Waals surface area contributed by atoms with Crippen molar-refractivity contribution in [1.82, 2.24) is 4.98 Å². The van der Waals surface area contributed by atoms with Gasteiger partial charge in [-0.15, -0.1) is 5.10 Å². The maximum Gasteiger partial charge on any atom is 0.211 e. The second-order valence-corrected chi connectivity index (χ2v) is 5.96. The van der Waals surface area contributed by atoms with Crippen LogP contribution in [0, 0.1) is 6.92 Å². The van der Waals surface area contributed by atoms with Crippen LogP contribution in [0.15, 0.2) is 39.3 Å². The Balaban J connectivity index is 2.06. The van der Waals surface area contributed by atoms with Crippen molar-refractivity contribution in [3.8, 4) is 0 Å². The van der Waals surface area contributed by atoms with E-state index in [1.807, 2.05) is 12.3 Å². The highest BCUT2D eigenvalue weighted by molar-refractivity contribution is 7.08. The summed E-state index contributed by atoms with van der Waals surface area (Å²) in [5.74, 6) is 0.356. The fraction of sp³-hybridized carbons (Fsp3) is 0.267. The molecule has 0 spiro atoms. The molecule has 0 fully saturated rings. The quantitative estimate of drug-likeness (QED) is 0.506. The molecule has 0 bridgehead atoms. The Labute approximate surface area is 127 Å². The maximum atomic E-state index is 5.40. The number of nitrogens with two attached hydrogens (primary N) is 2. The van der Waals surface area contributed by atoms with Crippen LogP contribution in [0.2, 0.25) is 0 Å². The number of fused-ring (bicyclic) bond motifs is 1. The third kappa shape index (κ3) is 2.80. The molecule has 1 aliphatic rings. The highest BCUT2D eigenvalue weighted by atomic mass is 32.1. The van der Waals surface area contributed by atoms with E-state index in [1.54, 1.807) is 11.3 Å². The molecule has 3 rings (SSSR count). The SMILES string of the molecule is Cc1ccnc2c1/C(=N/N=C(N)N)CC(c1ccsc1)C2. The van der Waals surface area contributed by atoms with Gasteiger partial charge in [-0.25, -0.2) is 0 Å². The van der Waals surface area contributed by atoms with E-state index >= 15 is 0 Å². The van der Waals surface area contributed by atoms with Crippen molar-refractivity contribution in [3.63, 3.8) is 0 Å². The number of aromatic nitrogens is 1. The monoisotopic (exact) mass is 299 g/mol. The smallest absolute Gasteiger partial charge is 0.211 e.